The van der Waals surface area contributed by atoms with Crippen molar-refractivity contribution in [2.24, 2.45) is 0 Å². The molecule has 2 aromatic rings. The van der Waals surface area contributed by atoms with Gasteiger partial charge in [-0.2, -0.15) is 0 Å². The van der Waals surface area contributed by atoms with Crippen molar-refractivity contribution in [1.29, 1.82) is 0 Å². The lowest BCUT2D eigenvalue weighted by Crippen LogP contribution is -2.54. The Morgan fingerprint density at radius 1 is 1.23 bits per heavy atom. The molecular weight excluding hydrogens is 476 g/mol. The lowest BCUT2D eigenvalue weighted by molar-refractivity contribution is -0.122. The van der Waals surface area contributed by atoms with Crippen molar-refractivity contribution in [2.75, 3.05) is 18.6 Å². The average Bonchev–Trinajstić information content (AvgIpc) is 2.70. The summed E-state index contributed by atoms with van der Waals surface area (Å²) in [4.78, 5) is 38.5. The van der Waals surface area contributed by atoms with Gasteiger partial charge in [0.05, 0.1) is 17.3 Å². The van der Waals surface area contributed by atoms with Crippen LogP contribution in [0.25, 0.3) is 6.08 Å². The number of hydrogen-bond donors (Lipinski definition) is 1. The maximum absolute atomic E-state index is 13.0. The van der Waals surface area contributed by atoms with Crippen LogP contribution in [0.5, 0.6) is 11.5 Å². The zero-order chi connectivity index (χ0) is 21.8. The first kappa shape index (κ1) is 21.6. The molecule has 0 bridgehead atoms. The molecule has 0 radical (unpaired) electrons. The molecule has 2 aromatic carbocycles. The van der Waals surface area contributed by atoms with Gasteiger partial charge >= 0.3 is 6.03 Å². The van der Waals surface area contributed by atoms with E-state index in [4.69, 9.17) is 21.1 Å². The van der Waals surface area contributed by atoms with E-state index in [0.717, 1.165) is 4.90 Å². The van der Waals surface area contributed by atoms with Gasteiger partial charge in [0.2, 0.25) is 0 Å². The van der Waals surface area contributed by atoms with Crippen molar-refractivity contribution < 1.29 is 23.9 Å². The number of carbonyl (C=O) groups is 3. The minimum Gasteiger partial charge on any atom is -0.493 e. The number of amides is 4. The molecule has 0 aliphatic carbocycles. The summed E-state index contributed by atoms with van der Waals surface area (Å²) >= 11 is 9.36. The van der Waals surface area contributed by atoms with Crippen molar-refractivity contribution >= 4 is 57.1 Å². The SMILES string of the molecule is C=CCOc1c(Br)cc(/C=C2\C(=O)NC(=O)N(c3cccc(Cl)c3)C2=O)cc1OC. The number of anilines is 1. The van der Waals surface area contributed by atoms with Gasteiger partial charge in [-0.25, -0.2) is 9.69 Å². The number of urea groups is 1. The molecule has 0 atom stereocenters. The molecule has 7 nitrogen and oxygen atoms in total. The number of halogens is 2. The molecule has 3 rings (SSSR count). The molecule has 0 unspecified atom stereocenters. The smallest absolute Gasteiger partial charge is 0.335 e. The minimum absolute atomic E-state index is 0.219. The molecule has 1 N–H and O–H groups in total. The van der Waals surface area contributed by atoms with Crippen molar-refractivity contribution in [2.45, 2.75) is 0 Å². The Morgan fingerprint density at radius 2 is 2.00 bits per heavy atom. The van der Waals surface area contributed by atoms with E-state index < -0.39 is 17.8 Å². The summed E-state index contributed by atoms with van der Waals surface area (Å²) in [5, 5.41) is 2.51. The van der Waals surface area contributed by atoms with Crippen LogP contribution in [-0.2, 0) is 9.59 Å². The molecular formula is C21H16BrClN2O5. The van der Waals surface area contributed by atoms with E-state index >= 15 is 0 Å². The Balaban J connectivity index is 2.02. The van der Waals surface area contributed by atoms with Crippen LogP contribution in [0.15, 0.2) is 59.1 Å². The summed E-state index contributed by atoms with van der Waals surface area (Å²) in [6.07, 6.45) is 2.96. The predicted molar refractivity (Wildman–Crippen MR) is 117 cm³/mol. The van der Waals surface area contributed by atoms with E-state index in [1.807, 2.05) is 0 Å². The molecule has 1 aliphatic rings. The van der Waals surface area contributed by atoms with Crippen molar-refractivity contribution in [3.8, 4) is 11.5 Å². The fraction of sp³-hybridized carbons (Fsp3) is 0.0952. The first-order valence-electron chi connectivity index (χ1n) is 8.64. The number of ether oxygens (including phenoxy) is 2. The minimum atomic E-state index is -0.851. The summed E-state index contributed by atoms with van der Waals surface area (Å²) < 4.78 is 11.5. The molecule has 30 heavy (non-hydrogen) atoms. The molecule has 0 saturated carbocycles. The monoisotopic (exact) mass is 490 g/mol. The molecule has 154 valence electrons. The zero-order valence-electron chi connectivity index (χ0n) is 15.8. The highest BCUT2D eigenvalue weighted by Gasteiger charge is 2.37. The number of imide groups is 2. The van der Waals surface area contributed by atoms with Crippen molar-refractivity contribution in [3.63, 3.8) is 0 Å². The third kappa shape index (κ3) is 4.39. The largest absolute Gasteiger partial charge is 0.493 e. The number of nitrogens with zero attached hydrogens (tertiary/aromatic N) is 1. The molecule has 9 heteroatoms. The van der Waals surface area contributed by atoms with Gasteiger partial charge in [0.1, 0.15) is 12.2 Å². The number of methoxy groups -OCH3 is 1. The fourth-order valence-electron chi connectivity index (χ4n) is 2.78. The second-order valence-corrected chi connectivity index (χ2v) is 7.36. The predicted octanol–water partition coefficient (Wildman–Crippen LogP) is 4.34. The van der Waals surface area contributed by atoms with Crippen molar-refractivity contribution in [1.82, 2.24) is 5.32 Å². The van der Waals surface area contributed by atoms with E-state index in [1.54, 1.807) is 36.4 Å². The number of benzene rings is 2. The topological polar surface area (TPSA) is 84.9 Å². The Kier molecular flexibility index (Phi) is 6.59. The van der Waals surface area contributed by atoms with E-state index in [9.17, 15) is 14.4 Å². The van der Waals surface area contributed by atoms with Gasteiger partial charge in [-0.3, -0.25) is 14.9 Å². The van der Waals surface area contributed by atoms with Crippen LogP contribution in [0.3, 0.4) is 0 Å². The van der Waals surface area contributed by atoms with Gasteiger partial charge in [-0.05, 0) is 57.9 Å². The molecule has 1 heterocycles. The maximum Gasteiger partial charge on any atom is 0.335 e. The van der Waals surface area contributed by atoms with Gasteiger partial charge in [-0.15, -0.1) is 0 Å². The quantitative estimate of drug-likeness (QED) is 0.369. The Bertz CT molecular complexity index is 1080. The maximum atomic E-state index is 13.0. The normalized spacial score (nSPS) is 15.2. The lowest BCUT2D eigenvalue weighted by atomic mass is 10.1. The highest BCUT2D eigenvalue weighted by molar-refractivity contribution is 9.10. The van der Waals surface area contributed by atoms with Gasteiger partial charge < -0.3 is 9.47 Å². The number of nitrogens with one attached hydrogen (secondary N) is 1. The summed E-state index contributed by atoms with van der Waals surface area (Å²) in [6, 6.07) is 8.63. The van der Waals surface area contributed by atoms with E-state index in [2.05, 4.69) is 27.8 Å². The van der Waals surface area contributed by atoms with Crippen LogP contribution < -0.4 is 19.7 Å². The zero-order valence-corrected chi connectivity index (χ0v) is 18.1. The van der Waals surface area contributed by atoms with Crippen LogP contribution in [0.4, 0.5) is 10.5 Å². The Labute approximate surface area is 186 Å². The van der Waals surface area contributed by atoms with E-state index in [-0.39, 0.29) is 17.9 Å². The van der Waals surface area contributed by atoms with Crippen LogP contribution in [0, 0.1) is 0 Å². The Hall–Kier alpha value is -3.10. The molecule has 0 aromatic heterocycles. The lowest BCUT2D eigenvalue weighted by Gasteiger charge is -2.26. The molecule has 1 fully saturated rings. The first-order chi connectivity index (χ1) is 14.3. The number of barbiturate groups is 1. The summed E-state index contributed by atoms with van der Waals surface area (Å²) in [6.45, 7) is 3.87. The number of carbonyl (C=O) groups excluding carboxylic acids is 3. The van der Waals surface area contributed by atoms with Crippen LogP contribution >= 0.6 is 27.5 Å². The van der Waals surface area contributed by atoms with Gasteiger partial charge in [0.15, 0.2) is 11.5 Å². The number of rotatable bonds is 6. The van der Waals surface area contributed by atoms with Crippen LogP contribution in [0.2, 0.25) is 5.02 Å². The highest BCUT2D eigenvalue weighted by atomic mass is 79.9. The Morgan fingerprint density at radius 3 is 2.67 bits per heavy atom. The average molecular weight is 492 g/mol. The summed E-state index contributed by atoms with van der Waals surface area (Å²) in [5.41, 5.74) is 0.516. The molecule has 0 spiro atoms. The third-order valence-electron chi connectivity index (χ3n) is 4.08. The second kappa shape index (κ2) is 9.15. The van der Waals surface area contributed by atoms with Crippen LogP contribution in [0.1, 0.15) is 5.56 Å². The van der Waals surface area contributed by atoms with Gasteiger partial charge in [0, 0.05) is 5.02 Å². The van der Waals surface area contributed by atoms with Crippen LogP contribution in [-0.4, -0.2) is 31.6 Å². The standard InChI is InChI=1S/C21H16BrClN2O5/c1-3-7-30-18-16(22)9-12(10-17(18)29-2)8-15-19(26)24-21(28)25(20(15)27)14-6-4-5-13(23)11-14/h3-6,8-11H,1,7H2,2H3,(H,24,26,28)/b15-8+. The summed E-state index contributed by atoms with van der Waals surface area (Å²) in [7, 11) is 1.47. The molecule has 1 aliphatic heterocycles. The molecule has 4 amide bonds. The first-order valence-corrected chi connectivity index (χ1v) is 9.81. The fourth-order valence-corrected chi connectivity index (χ4v) is 3.54. The van der Waals surface area contributed by atoms with Gasteiger partial charge in [0.25, 0.3) is 11.8 Å². The van der Waals surface area contributed by atoms with E-state index in [0.29, 0.717) is 26.6 Å². The summed E-state index contributed by atoms with van der Waals surface area (Å²) in [5.74, 6) is -0.724. The van der Waals surface area contributed by atoms with E-state index in [1.165, 1.54) is 19.3 Å². The second-order valence-electron chi connectivity index (χ2n) is 6.07. The number of hydrogen-bond acceptors (Lipinski definition) is 5. The highest BCUT2D eigenvalue weighted by Crippen LogP contribution is 2.37. The van der Waals surface area contributed by atoms with Gasteiger partial charge in [-0.1, -0.05) is 30.3 Å². The third-order valence-corrected chi connectivity index (χ3v) is 4.90. The molecule has 1 saturated heterocycles. The van der Waals surface area contributed by atoms with Crippen molar-refractivity contribution in [3.05, 3.63) is 69.7 Å².